The highest BCUT2D eigenvalue weighted by Crippen LogP contribution is 2.37. The predicted molar refractivity (Wildman–Crippen MR) is 165 cm³/mol. The number of unbranched alkanes of at least 4 members (excludes halogenated alkanes) is 3. The quantitative estimate of drug-likeness (QED) is 0.266. The molecule has 0 bridgehead atoms. The molecule has 0 saturated heterocycles. The van der Waals surface area contributed by atoms with Crippen LogP contribution in [0.15, 0.2) is 54.6 Å². The van der Waals surface area contributed by atoms with Crippen molar-refractivity contribution in [2.75, 3.05) is 5.75 Å². The molecule has 0 aliphatic rings. The number of hydrogen-bond donors (Lipinski definition) is 1. The molecule has 0 atom stereocenters. The van der Waals surface area contributed by atoms with Crippen LogP contribution in [0.4, 0.5) is 0 Å². The largest absolute Gasteiger partial charge is 0.179 e. The zero-order valence-corrected chi connectivity index (χ0v) is 25.3. The summed E-state index contributed by atoms with van der Waals surface area (Å²) in [6.07, 6.45) is 6.60. The summed E-state index contributed by atoms with van der Waals surface area (Å²) >= 11 is 4.09. The van der Waals surface area contributed by atoms with Crippen molar-refractivity contribution in [1.82, 2.24) is 0 Å². The number of aryl methyl sites for hydroxylation is 1. The third kappa shape index (κ3) is 10.4. The zero-order valence-electron chi connectivity index (χ0n) is 24.4. The van der Waals surface area contributed by atoms with E-state index in [0.29, 0.717) is 0 Å². The summed E-state index contributed by atoms with van der Waals surface area (Å²) in [5.74, 6) is 1.06. The minimum absolute atomic E-state index is 0.135. The highest BCUT2D eigenvalue weighted by molar-refractivity contribution is 7.80. The van der Waals surface area contributed by atoms with Crippen LogP contribution in [-0.4, -0.2) is 5.75 Å². The van der Waals surface area contributed by atoms with Crippen LogP contribution < -0.4 is 0 Å². The molecule has 0 saturated carbocycles. The van der Waals surface area contributed by atoms with E-state index in [0.717, 1.165) is 5.75 Å². The molecule has 0 spiro atoms. The van der Waals surface area contributed by atoms with Crippen molar-refractivity contribution in [3.8, 4) is 11.1 Å². The first kappa shape index (κ1) is 31.3. The van der Waals surface area contributed by atoms with Gasteiger partial charge < -0.3 is 0 Å². The second-order valence-corrected chi connectivity index (χ2v) is 12.3. The van der Waals surface area contributed by atoms with E-state index < -0.39 is 0 Å². The summed E-state index contributed by atoms with van der Waals surface area (Å²) in [5.41, 5.74) is 7.00. The molecule has 3 rings (SSSR count). The van der Waals surface area contributed by atoms with Gasteiger partial charge in [0, 0.05) is 0 Å². The molecule has 0 aliphatic heterocycles. The summed E-state index contributed by atoms with van der Waals surface area (Å²) in [5, 5.41) is 2.68. The number of hydrogen-bond acceptors (Lipinski definition) is 1. The first-order valence-corrected chi connectivity index (χ1v) is 14.3. The summed E-state index contributed by atoms with van der Waals surface area (Å²) in [6.45, 7) is 22.3. The van der Waals surface area contributed by atoms with Gasteiger partial charge in [-0.3, -0.25) is 0 Å². The monoisotopic (exact) mass is 492 g/mol. The number of benzene rings is 3. The van der Waals surface area contributed by atoms with E-state index in [1.54, 1.807) is 0 Å². The second-order valence-electron chi connectivity index (χ2n) is 11.8. The highest BCUT2D eigenvalue weighted by atomic mass is 32.1. The number of fused-ring (bicyclic) bond motifs is 1. The van der Waals surface area contributed by atoms with E-state index >= 15 is 0 Å². The fourth-order valence-electron chi connectivity index (χ4n) is 3.77. The average molecular weight is 493 g/mol. The molecule has 0 aliphatic carbocycles. The van der Waals surface area contributed by atoms with Crippen molar-refractivity contribution in [3.05, 3.63) is 71.3 Å². The van der Waals surface area contributed by atoms with Gasteiger partial charge >= 0.3 is 0 Å². The van der Waals surface area contributed by atoms with Gasteiger partial charge in [-0.1, -0.05) is 142 Å². The van der Waals surface area contributed by atoms with Gasteiger partial charge in [0.1, 0.15) is 0 Å². The lowest BCUT2D eigenvalue weighted by Crippen LogP contribution is -2.12. The smallest absolute Gasteiger partial charge is 0.00979 e. The first-order chi connectivity index (χ1) is 16.4. The topological polar surface area (TPSA) is 0 Å². The number of rotatable bonds is 5. The Hall–Kier alpha value is -1.73. The molecule has 0 N–H and O–H groups in total. The Morgan fingerprint density at radius 3 is 1.71 bits per heavy atom. The molecule has 0 heterocycles. The summed E-state index contributed by atoms with van der Waals surface area (Å²) in [4.78, 5) is 0. The standard InChI is InChI=1S/C25H30.C6H14S.C3H8/c1-17-8-10-18(11-9-17)22-16-21(25(5,6)7)14-19-12-13-20(15-23(19)22)24(2,3)4;1-2-3-4-5-6-7;1-3-2/h8-16H,1-7H3;7H,2-6H2,1H3;3H2,1-2H3. The predicted octanol–water partition coefficient (Wildman–Crippen LogP) is 11.3. The lowest BCUT2D eigenvalue weighted by Gasteiger charge is -2.24. The van der Waals surface area contributed by atoms with Crippen LogP contribution in [0.5, 0.6) is 0 Å². The maximum atomic E-state index is 4.09. The van der Waals surface area contributed by atoms with Crippen LogP contribution in [0.25, 0.3) is 21.9 Å². The van der Waals surface area contributed by atoms with Crippen LogP contribution in [0, 0.1) is 6.92 Å². The van der Waals surface area contributed by atoms with Crippen molar-refractivity contribution < 1.29 is 0 Å². The van der Waals surface area contributed by atoms with Gasteiger partial charge in [-0.2, -0.15) is 12.6 Å². The van der Waals surface area contributed by atoms with E-state index in [9.17, 15) is 0 Å². The molecule has 35 heavy (non-hydrogen) atoms. The molecular formula is C34H52S. The minimum atomic E-state index is 0.135. The maximum Gasteiger partial charge on any atom is -0.00979 e. The third-order valence-electron chi connectivity index (χ3n) is 6.06. The fraction of sp³-hybridized carbons (Fsp3) is 0.529. The molecular weight excluding hydrogens is 440 g/mol. The van der Waals surface area contributed by atoms with E-state index in [2.05, 4.69) is 136 Å². The molecule has 0 amide bonds. The summed E-state index contributed by atoms with van der Waals surface area (Å²) in [7, 11) is 0. The Morgan fingerprint density at radius 1 is 0.657 bits per heavy atom. The molecule has 1 heteroatoms. The summed E-state index contributed by atoms with van der Waals surface area (Å²) < 4.78 is 0. The van der Waals surface area contributed by atoms with Crippen molar-refractivity contribution >= 4 is 23.4 Å². The Balaban J connectivity index is 0.000000521. The van der Waals surface area contributed by atoms with Crippen LogP contribution in [0.1, 0.15) is 111 Å². The Morgan fingerprint density at radius 2 is 1.23 bits per heavy atom. The van der Waals surface area contributed by atoms with E-state index in [-0.39, 0.29) is 10.8 Å². The molecule has 0 nitrogen and oxygen atoms in total. The van der Waals surface area contributed by atoms with Crippen molar-refractivity contribution in [2.45, 2.75) is 112 Å². The first-order valence-electron chi connectivity index (χ1n) is 13.7. The van der Waals surface area contributed by atoms with Gasteiger partial charge in [0.05, 0.1) is 0 Å². The lowest BCUT2D eigenvalue weighted by atomic mass is 9.81. The van der Waals surface area contributed by atoms with Gasteiger partial charge in [0.15, 0.2) is 0 Å². The Bertz CT molecular complexity index is 994. The summed E-state index contributed by atoms with van der Waals surface area (Å²) in [6, 6.07) is 20.6. The number of thiol groups is 1. The molecule has 3 aromatic rings. The van der Waals surface area contributed by atoms with Crippen LogP contribution >= 0.6 is 12.6 Å². The average Bonchev–Trinajstić information content (AvgIpc) is 2.79. The van der Waals surface area contributed by atoms with E-state index in [4.69, 9.17) is 0 Å². The molecule has 0 fully saturated rings. The normalized spacial score (nSPS) is 11.4. The van der Waals surface area contributed by atoms with Gasteiger partial charge in [-0.25, -0.2) is 0 Å². The van der Waals surface area contributed by atoms with E-state index in [1.165, 1.54) is 70.7 Å². The van der Waals surface area contributed by atoms with Gasteiger partial charge in [0.2, 0.25) is 0 Å². The Labute approximate surface area is 223 Å². The SMILES string of the molecule is CCC.CCCCCCS.Cc1ccc(-c2cc(C(C)(C)C)cc3ccc(C(C)(C)C)cc23)cc1. The molecule has 0 radical (unpaired) electrons. The minimum Gasteiger partial charge on any atom is -0.179 e. The van der Waals surface area contributed by atoms with Crippen LogP contribution in [0.2, 0.25) is 0 Å². The molecule has 3 aromatic carbocycles. The second kappa shape index (κ2) is 14.7. The third-order valence-corrected chi connectivity index (χ3v) is 6.38. The van der Waals surface area contributed by atoms with Gasteiger partial charge in [-0.15, -0.1) is 0 Å². The maximum absolute atomic E-state index is 4.09. The lowest BCUT2D eigenvalue weighted by molar-refractivity contribution is 0.589. The van der Waals surface area contributed by atoms with Crippen molar-refractivity contribution in [2.24, 2.45) is 0 Å². The van der Waals surface area contributed by atoms with Crippen LogP contribution in [0.3, 0.4) is 0 Å². The van der Waals surface area contributed by atoms with E-state index in [1.807, 2.05) is 0 Å². The van der Waals surface area contributed by atoms with Crippen molar-refractivity contribution in [3.63, 3.8) is 0 Å². The molecule has 0 aromatic heterocycles. The highest BCUT2D eigenvalue weighted by Gasteiger charge is 2.19. The molecule has 0 unspecified atom stereocenters. The van der Waals surface area contributed by atoms with Gasteiger partial charge in [0.25, 0.3) is 0 Å². The van der Waals surface area contributed by atoms with Gasteiger partial charge in [-0.05, 0) is 69.0 Å². The van der Waals surface area contributed by atoms with Crippen LogP contribution in [-0.2, 0) is 10.8 Å². The fourth-order valence-corrected chi connectivity index (χ4v) is 3.99. The molecule has 194 valence electrons. The Kier molecular flexibility index (Phi) is 13.2. The van der Waals surface area contributed by atoms with Crippen molar-refractivity contribution in [1.29, 1.82) is 0 Å². The zero-order chi connectivity index (χ0) is 26.6.